The van der Waals surface area contributed by atoms with Crippen molar-refractivity contribution < 1.29 is 4.39 Å². The maximum Gasteiger partial charge on any atom is 0.146 e. The third kappa shape index (κ3) is 3.51. The van der Waals surface area contributed by atoms with Gasteiger partial charge < -0.3 is 10.2 Å². The number of hydrogen-bond acceptors (Lipinski definition) is 2. The molecular formula is C17H27FN2. The standard InChI is InChI=1S/C17H27FN2/c1-4-11-19-13(2)15-9-6-10-16(18)17(15)20(3)12-14-7-5-8-14/h6,9-10,13-14,19H,4-5,7-8,11-12H2,1-3H3. The van der Waals surface area contributed by atoms with Gasteiger partial charge in [0.1, 0.15) is 5.82 Å². The van der Waals surface area contributed by atoms with E-state index in [0.717, 1.165) is 36.7 Å². The Morgan fingerprint density at radius 2 is 2.15 bits per heavy atom. The Hall–Kier alpha value is -1.09. The third-order valence-electron chi connectivity index (χ3n) is 4.32. The molecule has 1 saturated carbocycles. The van der Waals surface area contributed by atoms with Crippen LogP contribution in [0.25, 0.3) is 0 Å². The van der Waals surface area contributed by atoms with Crippen molar-refractivity contribution in [1.82, 2.24) is 5.32 Å². The lowest BCUT2D eigenvalue weighted by atomic mass is 9.85. The number of anilines is 1. The first kappa shape index (κ1) is 15.3. The molecular weight excluding hydrogens is 251 g/mol. The number of benzene rings is 1. The molecule has 3 heteroatoms. The second kappa shape index (κ2) is 7.07. The van der Waals surface area contributed by atoms with E-state index in [0.29, 0.717) is 0 Å². The number of hydrogen-bond donors (Lipinski definition) is 1. The lowest BCUT2D eigenvalue weighted by Gasteiger charge is -2.33. The molecule has 0 spiro atoms. The lowest BCUT2D eigenvalue weighted by molar-refractivity contribution is 0.320. The second-order valence-electron chi connectivity index (χ2n) is 6.03. The van der Waals surface area contributed by atoms with E-state index in [2.05, 4.69) is 24.1 Å². The molecule has 1 unspecified atom stereocenters. The minimum atomic E-state index is -0.102. The summed E-state index contributed by atoms with van der Waals surface area (Å²) in [5.41, 5.74) is 1.84. The first-order chi connectivity index (χ1) is 9.63. The van der Waals surface area contributed by atoms with E-state index in [1.807, 2.05) is 19.2 Å². The lowest BCUT2D eigenvalue weighted by Crippen LogP contribution is -2.31. The SMILES string of the molecule is CCCNC(C)c1cccc(F)c1N(C)CC1CCC1. The van der Waals surface area contributed by atoms with Crippen LogP contribution in [0.1, 0.15) is 51.1 Å². The van der Waals surface area contributed by atoms with Crippen LogP contribution >= 0.6 is 0 Å². The van der Waals surface area contributed by atoms with E-state index >= 15 is 0 Å². The molecule has 20 heavy (non-hydrogen) atoms. The highest BCUT2D eigenvalue weighted by molar-refractivity contribution is 5.55. The van der Waals surface area contributed by atoms with Crippen LogP contribution in [0.2, 0.25) is 0 Å². The molecule has 1 aliphatic rings. The van der Waals surface area contributed by atoms with Gasteiger partial charge in [-0.2, -0.15) is 0 Å². The molecule has 0 radical (unpaired) electrons. The zero-order valence-electron chi connectivity index (χ0n) is 13.0. The molecule has 0 aromatic heterocycles. The van der Waals surface area contributed by atoms with E-state index in [9.17, 15) is 4.39 Å². The third-order valence-corrected chi connectivity index (χ3v) is 4.32. The Labute approximate surface area is 122 Å². The van der Waals surface area contributed by atoms with Gasteiger partial charge in [-0.25, -0.2) is 4.39 Å². The van der Waals surface area contributed by atoms with Gasteiger partial charge in [0.05, 0.1) is 5.69 Å². The largest absolute Gasteiger partial charge is 0.372 e. The van der Waals surface area contributed by atoms with E-state index in [4.69, 9.17) is 0 Å². The van der Waals surface area contributed by atoms with E-state index in [1.165, 1.54) is 19.3 Å². The highest BCUT2D eigenvalue weighted by atomic mass is 19.1. The van der Waals surface area contributed by atoms with Crippen molar-refractivity contribution in [2.75, 3.05) is 25.0 Å². The highest BCUT2D eigenvalue weighted by Gasteiger charge is 2.23. The van der Waals surface area contributed by atoms with E-state index < -0.39 is 0 Å². The van der Waals surface area contributed by atoms with Gasteiger partial charge in [0.25, 0.3) is 0 Å². The fourth-order valence-electron chi connectivity index (χ4n) is 2.91. The van der Waals surface area contributed by atoms with Crippen molar-refractivity contribution in [3.63, 3.8) is 0 Å². The quantitative estimate of drug-likeness (QED) is 0.807. The van der Waals surface area contributed by atoms with Gasteiger partial charge in [-0.05, 0) is 50.3 Å². The predicted molar refractivity (Wildman–Crippen MR) is 83.7 cm³/mol. The predicted octanol–water partition coefficient (Wildman–Crippen LogP) is 4.12. The van der Waals surface area contributed by atoms with Gasteiger partial charge in [-0.1, -0.05) is 25.5 Å². The Bertz CT molecular complexity index is 429. The number of para-hydroxylation sites is 1. The van der Waals surface area contributed by atoms with Crippen LogP contribution in [0.15, 0.2) is 18.2 Å². The number of rotatable bonds is 7. The Morgan fingerprint density at radius 3 is 2.75 bits per heavy atom. The van der Waals surface area contributed by atoms with Crippen LogP contribution in [-0.4, -0.2) is 20.1 Å². The van der Waals surface area contributed by atoms with Crippen LogP contribution in [-0.2, 0) is 0 Å². The van der Waals surface area contributed by atoms with Gasteiger partial charge in [0.15, 0.2) is 0 Å². The van der Waals surface area contributed by atoms with Gasteiger partial charge in [-0.15, -0.1) is 0 Å². The first-order valence-corrected chi connectivity index (χ1v) is 7.86. The second-order valence-corrected chi connectivity index (χ2v) is 6.03. The summed E-state index contributed by atoms with van der Waals surface area (Å²) < 4.78 is 14.3. The average Bonchev–Trinajstić information content (AvgIpc) is 2.39. The molecule has 112 valence electrons. The summed E-state index contributed by atoms with van der Waals surface area (Å²) in [6.45, 7) is 6.19. The van der Waals surface area contributed by atoms with Crippen LogP contribution < -0.4 is 10.2 Å². The highest BCUT2D eigenvalue weighted by Crippen LogP contribution is 2.32. The van der Waals surface area contributed by atoms with Crippen molar-refractivity contribution in [2.45, 2.75) is 45.6 Å². The molecule has 1 N–H and O–H groups in total. The zero-order chi connectivity index (χ0) is 14.5. The molecule has 0 saturated heterocycles. The van der Waals surface area contributed by atoms with Gasteiger partial charge >= 0.3 is 0 Å². The normalized spacial score (nSPS) is 16.8. The summed E-state index contributed by atoms with van der Waals surface area (Å²) in [4.78, 5) is 2.11. The van der Waals surface area contributed by atoms with Crippen molar-refractivity contribution in [2.24, 2.45) is 5.92 Å². The van der Waals surface area contributed by atoms with Crippen molar-refractivity contribution >= 4 is 5.69 Å². The average molecular weight is 278 g/mol. The summed E-state index contributed by atoms with van der Waals surface area (Å²) in [6.07, 6.45) is 5.00. The monoisotopic (exact) mass is 278 g/mol. The smallest absolute Gasteiger partial charge is 0.146 e. The summed E-state index contributed by atoms with van der Waals surface area (Å²) in [5, 5.41) is 3.46. The minimum absolute atomic E-state index is 0.102. The Balaban J connectivity index is 2.15. The molecule has 0 aliphatic heterocycles. The first-order valence-electron chi connectivity index (χ1n) is 7.86. The molecule has 1 aliphatic carbocycles. The maximum absolute atomic E-state index is 14.3. The van der Waals surface area contributed by atoms with Crippen molar-refractivity contribution in [1.29, 1.82) is 0 Å². The molecule has 1 aromatic carbocycles. The maximum atomic E-state index is 14.3. The fraction of sp³-hybridized carbons (Fsp3) is 0.647. The molecule has 1 fully saturated rings. The topological polar surface area (TPSA) is 15.3 Å². The van der Waals surface area contributed by atoms with Crippen LogP contribution in [0.5, 0.6) is 0 Å². The van der Waals surface area contributed by atoms with E-state index in [-0.39, 0.29) is 11.9 Å². The summed E-state index contributed by atoms with van der Waals surface area (Å²) >= 11 is 0. The van der Waals surface area contributed by atoms with E-state index in [1.54, 1.807) is 6.07 Å². The Kier molecular flexibility index (Phi) is 5.41. The molecule has 2 rings (SSSR count). The Morgan fingerprint density at radius 1 is 1.40 bits per heavy atom. The van der Waals surface area contributed by atoms with Gasteiger partial charge in [0.2, 0.25) is 0 Å². The zero-order valence-corrected chi connectivity index (χ0v) is 13.0. The van der Waals surface area contributed by atoms with Crippen molar-refractivity contribution in [3.8, 4) is 0 Å². The fourth-order valence-corrected chi connectivity index (χ4v) is 2.91. The number of nitrogens with one attached hydrogen (secondary N) is 1. The van der Waals surface area contributed by atoms with Gasteiger partial charge in [0, 0.05) is 19.6 Å². The number of halogens is 1. The minimum Gasteiger partial charge on any atom is -0.372 e. The molecule has 0 bridgehead atoms. The molecule has 0 heterocycles. The number of nitrogens with zero attached hydrogens (tertiary/aromatic N) is 1. The summed E-state index contributed by atoms with van der Waals surface area (Å²) in [6, 6.07) is 5.62. The summed E-state index contributed by atoms with van der Waals surface area (Å²) in [5.74, 6) is 0.640. The molecule has 1 atom stereocenters. The molecule has 0 amide bonds. The van der Waals surface area contributed by atoms with Crippen LogP contribution in [0, 0.1) is 11.7 Å². The van der Waals surface area contributed by atoms with Crippen molar-refractivity contribution in [3.05, 3.63) is 29.6 Å². The summed E-state index contributed by atoms with van der Waals surface area (Å²) in [7, 11) is 2.02. The molecule has 2 nitrogen and oxygen atoms in total. The molecule has 1 aromatic rings. The van der Waals surface area contributed by atoms with Gasteiger partial charge in [-0.3, -0.25) is 0 Å². The van der Waals surface area contributed by atoms with Crippen LogP contribution in [0.3, 0.4) is 0 Å². The van der Waals surface area contributed by atoms with Crippen LogP contribution in [0.4, 0.5) is 10.1 Å².